The number of hydrogen-bond donors (Lipinski definition) is 11. The van der Waals surface area contributed by atoms with Gasteiger partial charge in [0.2, 0.25) is 47.3 Å². The molecule has 3 aliphatic rings. The Morgan fingerprint density at radius 2 is 1.31 bits per heavy atom. The number of aliphatic imine (C=N–C) groups is 1. The van der Waals surface area contributed by atoms with Gasteiger partial charge in [0.1, 0.15) is 42.3 Å². The molecule has 0 saturated carbocycles. The van der Waals surface area contributed by atoms with Crippen molar-refractivity contribution in [3.8, 4) is 0 Å². The van der Waals surface area contributed by atoms with Gasteiger partial charge in [-0.1, -0.05) is 50.6 Å². The molecule has 71 heavy (non-hydrogen) atoms. The zero-order valence-electron chi connectivity index (χ0n) is 40.9. The molecule has 0 bridgehead atoms. The summed E-state index contributed by atoms with van der Waals surface area (Å²) < 4.78 is 0. The maximum Gasteiger partial charge on any atom is 0.326 e. The third kappa shape index (κ3) is 17.4. The van der Waals surface area contributed by atoms with Crippen LogP contribution in [-0.2, 0) is 49.6 Å². The van der Waals surface area contributed by atoms with Gasteiger partial charge in [0.15, 0.2) is 5.96 Å². The van der Waals surface area contributed by atoms with E-state index in [0.717, 1.165) is 0 Å². The Hall–Kier alpha value is -6.01. The summed E-state index contributed by atoms with van der Waals surface area (Å²) in [7, 11) is 0. The molecule has 0 radical (unpaired) electrons. The number of nitrogens with two attached hydrogens (primary N) is 4. The van der Waals surface area contributed by atoms with Crippen molar-refractivity contribution in [1.29, 1.82) is 0 Å². The zero-order valence-corrected chi connectivity index (χ0v) is 41.8. The fourth-order valence-electron chi connectivity index (χ4n) is 9.17. The van der Waals surface area contributed by atoms with Crippen molar-refractivity contribution in [2.75, 3.05) is 45.0 Å². The van der Waals surface area contributed by atoms with Gasteiger partial charge in [0.25, 0.3) is 0 Å². The van der Waals surface area contributed by atoms with Crippen molar-refractivity contribution in [3.63, 3.8) is 0 Å². The highest BCUT2D eigenvalue weighted by atomic mass is 32.1. The Morgan fingerprint density at radius 1 is 0.718 bits per heavy atom. The Bertz CT molecular complexity index is 2040. The molecule has 0 aliphatic carbocycles. The predicted molar refractivity (Wildman–Crippen MR) is 267 cm³/mol. The summed E-state index contributed by atoms with van der Waals surface area (Å²) in [6.07, 6.45) is 4.77. The number of carboxylic acid groups (broad SMARTS) is 1. The summed E-state index contributed by atoms with van der Waals surface area (Å²) in [5, 5.41) is 23.0. The molecule has 24 heteroatoms. The normalized spacial score (nSPS) is 19.7. The second-order valence-corrected chi connectivity index (χ2v) is 19.1. The average molecular weight is 1010 g/mol. The van der Waals surface area contributed by atoms with Gasteiger partial charge in [0, 0.05) is 38.4 Å². The zero-order chi connectivity index (χ0) is 52.2. The van der Waals surface area contributed by atoms with Crippen LogP contribution in [0.3, 0.4) is 0 Å². The van der Waals surface area contributed by atoms with Crippen LogP contribution in [0.2, 0.25) is 0 Å². The van der Waals surface area contributed by atoms with Crippen molar-refractivity contribution in [2.45, 2.75) is 146 Å². The third-order valence-electron chi connectivity index (χ3n) is 12.8. The lowest BCUT2D eigenvalue weighted by Gasteiger charge is -2.33. The summed E-state index contributed by atoms with van der Waals surface area (Å²) in [4.78, 5) is 130. The maximum absolute atomic E-state index is 14.2. The number of unbranched alkanes of at least 4 members (excludes halogenated alkanes) is 1. The molecule has 1 aromatic rings. The van der Waals surface area contributed by atoms with Crippen LogP contribution in [0.25, 0.3) is 0 Å². The van der Waals surface area contributed by atoms with Crippen LogP contribution in [0.5, 0.6) is 0 Å². The van der Waals surface area contributed by atoms with Gasteiger partial charge >= 0.3 is 5.97 Å². The first-order valence-electron chi connectivity index (χ1n) is 24.6. The number of hydrogen-bond acceptors (Lipinski definition) is 13. The van der Waals surface area contributed by atoms with Crippen LogP contribution in [0.4, 0.5) is 0 Å². The number of likely N-dealkylation sites (tertiary alicyclic amines) is 3. The van der Waals surface area contributed by atoms with E-state index in [4.69, 9.17) is 22.9 Å². The molecular formula is C47H75N13O10S. The summed E-state index contributed by atoms with van der Waals surface area (Å²) in [5.74, 6) is -6.19. The van der Waals surface area contributed by atoms with Crippen LogP contribution >= 0.6 is 12.6 Å². The predicted octanol–water partition coefficient (Wildman–Crippen LogP) is -2.17. The lowest BCUT2D eigenvalue weighted by Crippen LogP contribution is -2.59. The van der Waals surface area contributed by atoms with E-state index in [1.54, 1.807) is 30.3 Å². The number of carbonyl (C=O) groups is 9. The van der Waals surface area contributed by atoms with Crippen LogP contribution in [0, 0.1) is 5.92 Å². The molecule has 23 nitrogen and oxygen atoms in total. The van der Waals surface area contributed by atoms with Crippen LogP contribution in [0.1, 0.15) is 96.5 Å². The fourth-order valence-corrected chi connectivity index (χ4v) is 9.42. The first kappa shape index (κ1) is 57.6. The van der Waals surface area contributed by atoms with Crippen molar-refractivity contribution in [3.05, 3.63) is 35.9 Å². The number of amides is 8. The average Bonchev–Trinajstić information content (AvgIpc) is 4.15. The molecule has 3 heterocycles. The lowest BCUT2D eigenvalue weighted by molar-refractivity contribution is -0.148. The molecule has 3 fully saturated rings. The largest absolute Gasteiger partial charge is 0.480 e. The van der Waals surface area contributed by atoms with Crippen molar-refractivity contribution >= 4 is 71.8 Å². The quantitative estimate of drug-likeness (QED) is 0.0194. The Morgan fingerprint density at radius 3 is 1.92 bits per heavy atom. The van der Waals surface area contributed by atoms with Gasteiger partial charge in [-0.3, -0.25) is 43.3 Å². The Kier molecular flexibility index (Phi) is 23.3. The molecule has 0 unspecified atom stereocenters. The fraction of sp³-hybridized carbons (Fsp3) is 0.660. The Balaban J connectivity index is 1.40. The van der Waals surface area contributed by atoms with E-state index in [2.05, 4.69) is 44.2 Å². The minimum atomic E-state index is -1.23. The van der Waals surface area contributed by atoms with Crippen molar-refractivity contribution < 1.29 is 48.3 Å². The number of carbonyl (C=O) groups excluding carboxylic acids is 8. The van der Waals surface area contributed by atoms with Crippen LogP contribution in [0.15, 0.2) is 35.3 Å². The minimum Gasteiger partial charge on any atom is -0.480 e. The summed E-state index contributed by atoms with van der Waals surface area (Å²) in [6, 6.07) is 0.487. The number of benzene rings is 1. The summed E-state index contributed by atoms with van der Waals surface area (Å²) in [6.45, 7) is 4.42. The molecule has 8 atom stereocenters. The number of nitrogens with one attached hydrogen (secondary N) is 5. The first-order chi connectivity index (χ1) is 33.9. The second-order valence-electron chi connectivity index (χ2n) is 18.8. The SMILES string of the molecule is CC(C)C[C@H](NC(=O)[C@@H]1CCCN1C(=O)[C@H](CS)NC(=O)[C@H](Cc1ccccc1)NC(=O)CNC(=O)[C@@H]1CCCN1C(=O)[C@@H]1CCCN1C(=O)[C@H](CCCN=C(N)N)NC(=O)[C@@H](N)CCCCN)C(=O)O. The molecule has 14 N–H and O–H groups in total. The Labute approximate surface area is 420 Å². The standard InChI is InChI=1S/C47H75N13O10S/c1-28(2)24-33(46(69)70)56-42(65)36-17-10-21-58(36)44(67)34(27-71)57-40(63)32(25-29-12-4-3-5-13-29)54-38(61)26-53-41(64)35-16-9-22-59(35)45(68)37-18-11-23-60(37)43(66)31(15-8-20-52-47(50)51)55-39(62)30(49)14-6-7-19-48/h3-5,12-13,28,30-37,71H,6-11,14-27,48-49H2,1-2H3,(H,53,64)(H,54,61)(H,55,62)(H,56,65)(H,57,63)(H,69,70)(H4,50,51,52)/t30-,31-,32-,33-,34-,35-,36-,37-/m0/s1. The number of guanidine groups is 1. The molecule has 0 aromatic heterocycles. The van der Waals surface area contributed by atoms with E-state index in [-0.39, 0.29) is 63.1 Å². The monoisotopic (exact) mass is 1010 g/mol. The van der Waals surface area contributed by atoms with Gasteiger partial charge in [-0.05, 0) is 88.7 Å². The molecule has 1 aromatic carbocycles. The van der Waals surface area contributed by atoms with E-state index >= 15 is 0 Å². The van der Waals surface area contributed by atoms with Crippen LogP contribution < -0.4 is 49.5 Å². The van der Waals surface area contributed by atoms with Crippen molar-refractivity contribution in [1.82, 2.24) is 41.3 Å². The molecule has 394 valence electrons. The molecule has 0 spiro atoms. The third-order valence-corrected chi connectivity index (χ3v) is 13.2. The number of thiol groups is 1. The van der Waals surface area contributed by atoms with Gasteiger partial charge in [0.05, 0.1) is 12.6 Å². The highest BCUT2D eigenvalue weighted by Crippen LogP contribution is 2.26. The molecule has 3 aliphatic heterocycles. The van der Waals surface area contributed by atoms with E-state index in [0.29, 0.717) is 76.3 Å². The van der Waals surface area contributed by atoms with E-state index in [9.17, 15) is 48.3 Å². The topological polar surface area (TPSA) is 360 Å². The number of nitrogens with zero attached hydrogens (tertiary/aromatic N) is 4. The second kappa shape index (κ2) is 28.7. The molecule has 4 rings (SSSR count). The summed E-state index contributed by atoms with van der Waals surface area (Å²) in [5.41, 5.74) is 23.4. The smallest absolute Gasteiger partial charge is 0.326 e. The molecule has 3 saturated heterocycles. The van der Waals surface area contributed by atoms with E-state index in [1.807, 2.05) is 13.8 Å². The van der Waals surface area contributed by atoms with Crippen molar-refractivity contribution in [2.24, 2.45) is 33.8 Å². The number of aliphatic carboxylic acids is 1. The minimum absolute atomic E-state index is 0.00489. The van der Waals surface area contributed by atoms with Crippen LogP contribution in [-0.4, -0.2) is 172 Å². The van der Waals surface area contributed by atoms with Gasteiger partial charge in [-0.2, -0.15) is 12.6 Å². The van der Waals surface area contributed by atoms with E-state index < -0.39 is 108 Å². The maximum atomic E-state index is 14.2. The summed E-state index contributed by atoms with van der Waals surface area (Å²) >= 11 is 4.33. The molecular weight excluding hydrogens is 939 g/mol. The molecule has 8 amide bonds. The number of rotatable bonds is 27. The highest BCUT2D eigenvalue weighted by molar-refractivity contribution is 7.80. The van der Waals surface area contributed by atoms with E-state index in [1.165, 1.54) is 14.7 Å². The highest BCUT2D eigenvalue weighted by Gasteiger charge is 2.44. The first-order valence-corrected chi connectivity index (χ1v) is 25.3. The lowest BCUT2D eigenvalue weighted by atomic mass is 10.0. The van der Waals surface area contributed by atoms with Gasteiger partial charge < -0.3 is 69.3 Å². The van der Waals surface area contributed by atoms with Gasteiger partial charge in [-0.25, -0.2) is 4.79 Å². The van der Waals surface area contributed by atoms with Gasteiger partial charge in [-0.15, -0.1) is 0 Å². The number of carboxylic acids is 1.